The molecule has 1 aromatic carbocycles. The Labute approximate surface area is 181 Å². The summed E-state index contributed by atoms with van der Waals surface area (Å²) in [4.78, 5) is 4.72. The average Bonchev–Trinajstić information content (AvgIpc) is 3.39. The van der Waals surface area contributed by atoms with Crippen LogP contribution in [0.15, 0.2) is 46.0 Å². The summed E-state index contributed by atoms with van der Waals surface area (Å²) in [6.07, 6.45) is 2.85. The van der Waals surface area contributed by atoms with E-state index in [-0.39, 0.29) is 11.8 Å². The average molecular weight is 450 g/mol. The summed E-state index contributed by atoms with van der Waals surface area (Å²) in [6.45, 7) is 4.15. The number of sulfonamides is 1. The van der Waals surface area contributed by atoms with E-state index in [1.165, 1.54) is 11.3 Å². The number of phenols is 1. The van der Waals surface area contributed by atoms with Crippen LogP contribution in [0.3, 0.4) is 0 Å². The zero-order chi connectivity index (χ0) is 20.7. The SMILES string of the molecule is O=S(=O)(c1cccs1)N1CCN(c2ccc(O)cc2)[C@H](CN2CC3CCC(C2)O3)C1. The molecule has 1 N–H and O–H groups in total. The van der Waals surface area contributed by atoms with Gasteiger partial charge < -0.3 is 14.7 Å². The highest BCUT2D eigenvalue weighted by atomic mass is 32.2. The number of phenolic OH excluding ortho intramolecular Hbond substituents is 1. The van der Waals surface area contributed by atoms with E-state index in [1.54, 1.807) is 34.0 Å². The summed E-state index contributed by atoms with van der Waals surface area (Å²) in [5.74, 6) is 0.235. The van der Waals surface area contributed by atoms with Gasteiger partial charge in [-0.25, -0.2) is 8.42 Å². The molecule has 3 saturated heterocycles. The predicted octanol–water partition coefficient (Wildman–Crippen LogP) is 2.20. The number of anilines is 1. The van der Waals surface area contributed by atoms with Crippen LogP contribution in [0.4, 0.5) is 5.69 Å². The molecule has 3 fully saturated rings. The number of benzene rings is 1. The van der Waals surface area contributed by atoms with Gasteiger partial charge in [-0.3, -0.25) is 4.90 Å². The highest BCUT2D eigenvalue weighted by Gasteiger charge is 2.39. The van der Waals surface area contributed by atoms with E-state index in [4.69, 9.17) is 4.74 Å². The molecule has 4 heterocycles. The number of hydrogen-bond acceptors (Lipinski definition) is 7. The lowest BCUT2D eigenvalue weighted by Crippen LogP contribution is -2.59. The van der Waals surface area contributed by atoms with Crippen molar-refractivity contribution in [3.05, 3.63) is 41.8 Å². The second kappa shape index (κ2) is 8.12. The van der Waals surface area contributed by atoms with Crippen molar-refractivity contribution >= 4 is 27.0 Å². The van der Waals surface area contributed by atoms with E-state index in [2.05, 4.69) is 9.80 Å². The van der Waals surface area contributed by atoms with E-state index in [1.807, 2.05) is 12.1 Å². The lowest BCUT2D eigenvalue weighted by molar-refractivity contribution is -0.0406. The number of piperazine rings is 1. The van der Waals surface area contributed by atoms with Crippen LogP contribution < -0.4 is 4.90 Å². The van der Waals surface area contributed by atoms with Gasteiger partial charge >= 0.3 is 0 Å². The molecule has 3 aliphatic rings. The second-order valence-corrected chi connectivity index (χ2v) is 11.4. The van der Waals surface area contributed by atoms with Gasteiger partial charge in [-0.15, -0.1) is 11.3 Å². The molecular weight excluding hydrogens is 422 g/mol. The maximum Gasteiger partial charge on any atom is 0.252 e. The standard InChI is InChI=1S/C21H27N3O4S2/c25-18-5-3-16(4-6-18)24-10-9-23(30(26,27)21-2-1-11-29-21)13-17(24)12-22-14-19-7-8-20(15-22)28-19/h1-6,11,17,19-20,25H,7-10,12-15H2/t17-,19?,20?/m1/s1. The highest BCUT2D eigenvalue weighted by Crippen LogP contribution is 2.30. The van der Waals surface area contributed by atoms with Gasteiger partial charge in [0, 0.05) is 45.0 Å². The molecule has 3 aliphatic heterocycles. The minimum absolute atomic E-state index is 0.0375. The van der Waals surface area contributed by atoms with Crippen LogP contribution in [-0.2, 0) is 14.8 Å². The first-order chi connectivity index (χ1) is 14.5. The molecule has 3 atom stereocenters. The molecule has 1 aromatic heterocycles. The summed E-state index contributed by atoms with van der Waals surface area (Å²) in [6, 6.07) is 10.7. The number of nitrogens with zero attached hydrogens (tertiary/aromatic N) is 3. The monoisotopic (exact) mass is 449 g/mol. The van der Waals surface area contributed by atoms with Crippen LogP contribution in [0.1, 0.15) is 12.8 Å². The van der Waals surface area contributed by atoms with E-state index in [0.717, 1.165) is 38.2 Å². The molecule has 2 unspecified atom stereocenters. The Morgan fingerprint density at radius 3 is 2.43 bits per heavy atom. The number of likely N-dealkylation sites (tertiary alicyclic amines) is 1. The minimum Gasteiger partial charge on any atom is -0.508 e. The Kier molecular flexibility index (Phi) is 5.49. The largest absolute Gasteiger partial charge is 0.508 e. The first-order valence-electron chi connectivity index (χ1n) is 10.5. The lowest BCUT2D eigenvalue weighted by Gasteiger charge is -2.45. The fourth-order valence-corrected chi connectivity index (χ4v) is 7.48. The molecule has 0 radical (unpaired) electrons. The maximum atomic E-state index is 13.1. The Bertz CT molecular complexity index is 953. The number of ether oxygens (including phenoxy) is 1. The maximum absolute atomic E-state index is 13.1. The van der Waals surface area contributed by atoms with Crippen molar-refractivity contribution in [2.75, 3.05) is 44.2 Å². The van der Waals surface area contributed by atoms with E-state index >= 15 is 0 Å². The van der Waals surface area contributed by atoms with Crippen LogP contribution >= 0.6 is 11.3 Å². The molecule has 0 amide bonds. The van der Waals surface area contributed by atoms with Gasteiger partial charge in [0.25, 0.3) is 10.0 Å². The summed E-state index contributed by atoms with van der Waals surface area (Å²) in [5.41, 5.74) is 1.02. The third kappa shape index (κ3) is 3.97. The Morgan fingerprint density at radius 1 is 1.03 bits per heavy atom. The van der Waals surface area contributed by atoms with Gasteiger partial charge in [0.05, 0.1) is 18.2 Å². The van der Waals surface area contributed by atoms with Crippen molar-refractivity contribution < 1.29 is 18.3 Å². The molecule has 2 bridgehead atoms. The van der Waals surface area contributed by atoms with Crippen LogP contribution in [0.2, 0.25) is 0 Å². The van der Waals surface area contributed by atoms with Gasteiger partial charge in [0.1, 0.15) is 9.96 Å². The van der Waals surface area contributed by atoms with Crippen LogP contribution in [-0.4, -0.2) is 80.2 Å². The van der Waals surface area contributed by atoms with Gasteiger partial charge in [-0.1, -0.05) is 6.07 Å². The van der Waals surface area contributed by atoms with Crippen LogP contribution in [0.5, 0.6) is 5.75 Å². The molecule has 9 heteroatoms. The fraction of sp³-hybridized carbons (Fsp3) is 0.524. The number of aromatic hydroxyl groups is 1. The first-order valence-corrected chi connectivity index (χ1v) is 12.8. The summed E-state index contributed by atoms with van der Waals surface area (Å²) < 4.78 is 34.3. The third-order valence-electron chi connectivity index (χ3n) is 6.30. The van der Waals surface area contributed by atoms with E-state index in [9.17, 15) is 13.5 Å². The van der Waals surface area contributed by atoms with Crippen molar-refractivity contribution in [1.82, 2.24) is 9.21 Å². The molecule has 2 aromatic rings. The Hall–Kier alpha value is -1.65. The van der Waals surface area contributed by atoms with Crippen molar-refractivity contribution in [3.8, 4) is 5.75 Å². The van der Waals surface area contributed by atoms with Crippen molar-refractivity contribution in [2.45, 2.75) is 35.3 Å². The smallest absolute Gasteiger partial charge is 0.252 e. The van der Waals surface area contributed by atoms with Gasteiger partial charge in [0.2, 0.25) is 0 Å². The normalized spacial score (nSPS) is 28.1. The fourth-order valence-electron chi connectivity index (χ4n) is 4.87. The van der Waals surface area contributed by atoms with Crippen LogP contribution in [0.25, 0.3) is 0 Å². The van der Waals surface area contributed by atoms with Gasteiger partial charge in [-0.05, 0) is 48.6 Å². The minimum atomic E-state index is -3.47. The van der Waals surface area contributed by atoms with Crippen molar-refractivity contribution in [1.29, 1.82) is 0 Å². The third-order valence-corrected chi connectivity index (χ3v) is 9.54. The van der Waals surface area contributed by atoms with Gasteiger partial charge in [0.15, 0.2) is 0 Å². The number of morpholine rings is 1. The Morgan fingerprint density at radius 2 is 1.77 bits per heavy atom. The number of thiophene rings is 1. The van der Waals surface area contributed by atoms with Crippen molar-refractivity contribution in [2.24, 2.45) is 0 Å². The molecule has 0 aliphatic carbocycles. The zero-order valence-corrected chi connectivity index (χ0v) is 18.4. The molecule has 7 nitrogen and oxygen atoms in total. The number of fused-ring (bicyclic) bond motifs is 2. The number of rotatable bonds is 5. The summed E-state index contributed by atoms with van der Waals surface area (Å²) in [5, 5.41) is 11.5. The van der Waals surface area contributed by atoms with Crippen LogP contribution in [0, 0.1) is 0 Å². The first kappa shape index (κ1) is 20.3. The van der Waals surface area contributed by atoms with E-state index in [0.29, 0.717) is 36.1 Å². The zero-order valence-electron chi connectivity index (χ0n) is 16.8. The second-order valence-electron chi connectivity index (χ2n) is 8.33. The lowest BCUT2D eigenvalue weighted by atomic mass is 10.1. The molecular formula is C21H27N3O4S2. The molecule has 0 spiro atoms. The summed E-state index contributed by atoms with van der Waals surface area (Å²) in [7, 11) is -3.47. The molecule has 30 heavy (non-hydrogen) atoms. The topological polar surface area (TPSA) is 73.3 Å². The van der Waals surface area contributed by atoms with E-state index < -0.39 is 10.0 Å². The quantitative estimate of drug-likeness (QED) is 0.755. The van der Waals surface area contributed by atoms with Crippen molar-refractivity contribution in [3.63, 3.8) is 0 Å². The molecule has 5 rings (SSSR count). The predicted molar refractivity (Wildman–Crippen MR) is 117 cm³/mol. The van der Waals surface area contributed by atoms with Gasteiger partial charge in [-0.2, -0.15) is 4.31 Å². The Balaban J connectivity index is 1.38. The number of hydrogen-bond donors (Lipinski definition) is 1. The molecule has 162 valence electrons. The summed E-state index contributed by atoms with van der Waals surface area (Å²) >= 11 is 1.27. The molecule has 0 saturated carbocycles. The highest BCUT2D eigenvalue weighted by molar-refractivity contribution is 7.91.